The molecule has 2 N–H and O–H groups in total. The second kappa shape index (κ2) is 7.95. The van der Waals surface area contributed by atoms with Gasteiger partial charge in [-0.15, -0.1) is 0 Å². The number of ether oxygens (including phenoxy) is 1. The minimum Gasteiger partial charge on any atom is -0.449 e. The van der Waals surface area contributed by atoms with Gasteiger partial charge in [-0.25, -0.2) is 4.79 Å². The molecule has 0 unspecified atom stereocenters. The molecule has 134 valence electrons. The second-order valence-electron chi connectivity index (χ2n) is 6.43. The number of carbonyl (C=O) groups is 2. The molecule has 3 rings (SSSR count). The summed E-state index contributed by atoms with van der Waals surface area (Å²) in [4.78, 5) is 23.6. The average Bonchev–Trinajstić information content (AvgIpc) is 2.99. The summed E-state index contributed by atoms with van der Waals surface area (Å²) in [5.41, 5.74) is 6.67. The number of nitrogens with two attached hydrogens (primary N) is 1. The second-order valence-corrected chi connectivity index (χ2v) is 7.72. The van der Waals surface area contributed by atoms with Gasteiger partial charge in [0, 0.05) is 22.0 Å². The standard InChI is InChI=1S/C19H23NO4S/c1-12(18(20)21)23-19(22)17-15(11-25-13-7-3-2-4-8-13)14-9-5-6-10-16(14)24-17/h5-6,9-10,12-13H,2-4,7-8,11H2,1H3,(H2,20,21)/t12-/m1/s1. The third-order valence-electron chi connectivity index (χ3n) is 4.58. The first kappa shape index (κ1) is 17.9. The van der Waals surface area contributed by atoms with Crippen molar-refractivity contribution in [2.24, 2.45) is 5.73 Å². The van der Waals surface area contributed by atoms with Crippen LogP contribution in [0.15, 0.2) is 28.7 Å². The van der Waals surface area contributed by atoms with E-state index in [-0.39, 0.29) is 5.76 Å². The van der Waals surface area contributed by atoms with Crippen LogP contribution in [0.25, 0.3) is 11.0 Å². The van der Waals surface area contributed by atoms with Crippen LogP contribution in [-0.4, -0.2) is 23.2 Å². The molecule has 1 aromatic heterocycles. The Labute approximate surface area is 151 Å². The molecule has 1 aromatic carbocycles. The summed E-state index contributed by atoms with van der Waals surface area (Å²) >= 11 is 1.87. The van der Waals surface area contributed by atoms with Crippen LogP contribution in [0.5, 0.6) is 0 Å². The summed E-state index contributed by atoms with van der Waals surface area (Å²) in [6.45, 7) is 1.46. The summed E-state index contributed by atoms with van der Waals surface area (Å²) < 4.78 is 10.9. The Hall–Kier alpha value is -1.95. The van der Waals surface area contributed by atoms with E-state index in [4.69, 9.17) is 14.9 Å². The van der Waals surface area contributed by atoms with Gasteiger partial charge in [-0.1, -0.05) is 37.5 Å². The molecule has 1 saturated carbocycles. The van der Waals surface area contributed by atoms with Gasteiger partial charge in [0.25, 0.3) is 5.91 Å². The van der Waals surface area contributed by atoms with E-state index in [9.17, 15) is 9.59 Å². The van der Waals surface area contributed by atoms with Crippen LogP contribution >= 0.6 is 11.8 Å². The monoisotopic (exact) mass is 361 g/mol. The van der Waals surface area contributed by atoms with Crippen molar-refractivity contribution in [2.45, 2.75) is 56.1 Å². The van der Waals surface area contributed by atoms with Gasteiger partial charge in [0.2, 0.25) is 5.76 Å². The van der Waals surface area contributed by atoms with Gasteiger partial charge in [0.15, 0.2) is 6.10 Å². The fourth-order valence-electron chi connectivity index (χ4n) is 3.11. The van der Waals surface area contributed by atoms with Crippen LogP contribution in [-0.2, 0) is 15.3 Å². The third-order valence-corrected chi connectivity index (χ3v) is 5.98. The molecular weight excluding hydrogens is 338 g/mol. The first-order valence-corrected chi connectivity index (χ1v) is 9.73. The number of amides is 1. The average molecular weight is 361 g/mol. The van der Waals surface area contributed by atoms with Crippen molar-refractivity contribution >= 4 is 34.6 Å². The van der Waals surface area contributed by atoms with Crippen molar-refractivity contribution in [1.29, 1.82) is 0 Å². The molecule has 1 aliphatic rings. The van der Waals surface area contributed by atoms with E-state index in [1.807, 2.05) is 36.0 Å². The largest absolute Gasteiger partial charge is 0.449 e. The van der Waals surface area contributed by atoms with Gasteiger partial charge in [-0.05, 0) is 25.8 Å². The lowest BCUT2D eigenvalue weighted by Gasteiger charge is -2.20. The number of furan rings is 1. The Balaban J connectivity index is 1.83. The highest BCUT2D eigenvalue weighted by Gasteiger charge is 2.26. The SMILES string of the molecule is C[C@@H](OC(=O)c1oc2ccccc2c1CSC1CCCCC1)C(N)=O. The molecule has 6 heteroatoms. The molecule has 0 bridgehead atoms. The smallest absolute Gasteiger partial charge is 0.375 e. The van der Waals surface area contributed by atoms with Crippen molar-refractivity contribution in [3.8, 4) is 0 Å². The number of hydrogen-bond acceptors (Lipinski definition) is 5. The van der Waals surface area contributed by atoms with Crippen LogP contribution in [0.1, 0.15) is 55.1 Å². The highest BCUT2D eigenvalue weighted by atomic mass is 32.2. The number of primary amides is 1. The van der Waals surface area contributed by atoms with Gasteiger partial charge in [-0.2, -0.15) is 11.8 Å². The third kappa shape index (κ3) is 4.18. The molecule has 1 atom stereocenters. The Morgan fingerprint density at radius 3 is 2.72 bits per heavy atom. The maximum Gasteiger partial charge on any atom is 0.375 e. The highest BCUT2D eigenvalue weighted by molar-refractivity contribution is 7.99. The van der Waals surface area contributed by atoms with Crippen molar-refractivity contribution in [3.63, 3.8) is 0 Å². The summed E-state index contributed by atoms with van der Waals surface area (Å²) in [7, 11) is 0. The first-order chi connectivity index (χ1) is 12.1. The van der Waals surface area contributed by atoms with E-state index < -0.39 is 18.0 Å². The first-order valence-electron chi connectivity index (χ1n) is 8.68. The Kier molecular flexibility index (Phi) is 5.68. The van der Waals surface area contributed by atoms with E-state index in [2.05, 4.69) is 0 Å². The molecule has 0 spiro atoms. The molecule has 25 heavy (non-hydrogen) atoms. The summed E-state index contributed by atoms with van der Waals surface area (Å²) in [5.74, 6) is -0.446. The Morgan fingerprint density at radius 1 is 1.28 bits per heavy atom. The number of thioether (sulfide) groups is 1. The molecule has 5 nitrogen and oxygen atoms in total. The van der Waals surface area contributed by atoms with Gasteiger partial charge in [-0.3, -0.25) is 4.79 Å². The maximum atomic E-state index is 12.5. The van der Waals surface area contributed by atoms with Crippen LogP contribution in [0.4, 0.5) is 0 Å². The molecule has 0 radical (unpaired) electrons. The molecule has 0 aliphatic heterocycles. The number of para-hydroxylation sites is 1. The molecule has 0 saturated heterocycles. The quantitative estimate of drug-likeness (QED) is 0.786. The fourth-order valence-corrected chi connectivity index (χ4v) is 4.47. The van der Waals surface area contributed by atoms with E-state index in [0.29, 0.717) is 16.6 Å². The number of fused-ring (bicyclic) bond motifs is 1. The molecule has 1 amide bonds. The predicted octanol–water partition coefficient (Wildman–Crippen LogP) is 4.03. The van der Waals surface area contributed by atoms with E-state index >= 15 is 0 Å². The zero-order valence-electron chi connectivity index (χ0n) is 14.3. The van der Waals surface area contributed by atoms with E-state index in [1.165, 1.54) is 39.0 Å². The summed E-state index contributed by atoms with van der Waals surface area (Å²) in [5, 5.41) is 1.54. The number of hydrogen-bond donors (Lipinski definition) is 1. The Morgan fingerprint density at radius 2 is 2.00 bits per heavy atom. The lowest BCUT2D eigenvalue weighted by molar-refractivity contribution is -0.125. The van der Waals surface area contributed by atoms with Gasteiger partial charge in [0.05, 0.1) is 0 Å². The lowest BCUT2D eigenvalue weighted by Crippen LogP contribution is -2.30. The summed E-state index contributed by atoms with van der Waals surface area (Å²) in [6.07, 6.45) is 5.31. The fraction of sp³-hybridized carbons (Fsp3) is 0.474. The van der Waals surface area contributed by atoms with Crippen molar-refractivity contribution in [2.75, 3.05) is 0 Å². The summed E-state index contributed by atoms with van der Waals surface area (Å²) in [6, 6.07) is 7.57. The van der Waals surface area contributed by atoms with Crippen LogP contribution in [0.3, 0.4) is 0 Å². The van der Waals surface area contributed by atoms with Crippen molar-refractivity contribution in [1.82, 2.24) is 0 Å². The number of carbonyl (C=O) groups excluding carboxylic acids is 2. The molecule has 1 aliphatic carbocycles. The molecule has 1 heterocycles. The number of esters is 1. The van der Waals surface area contributed by atoms with E-state index in [0.717, 1.165) is 10.9 Å². The topological polar surface area (TPSA) is 82.5 Å². The Bertz CT molecular complexity index is 764. The molecule has 1 fully saturated rings. The highest BCUT2D eigenvalue weighted by Crippen LogP contribution is 2.35. The van der Waals surface area contributed by atoms with Crippen LogP contribution in [0.2, 0.25) is 0 Å². The lowest BCUT2D eigenvalue weighted by atomic mass is 10.0. The van der Waals surface area contributed by atoms with Crippen molar-refractivity contribution < 1.29 is 18.7 Å². The normalized spacial score (nSPS) is 16.7. The number of rotatable bonds is 6. The maximum absolute atomic E-state index is 12.5. The van der Waals surface area contributed by atoms with Crippen LogP contribution in [0, 0.1) is 0 Å². The minimum absolute atomic E-state index is 0.178. The minimum atomic E-state index is -0.987. The predicted molar refractivity (Wildman–Crippen MR) is 98.5 cm³/mol. The van der Waals surface area contributed by atoms with Gasteiger partial charge in [0.1, 0.15) is 5.58 Å². The van der Waals surface area contributed by atoms with Gasteiger partial charge >= 0.3 is 5.97 Å². The van der Waals surface area contributed by atoms with E-state index in [1.54, 1.807) is 0 Å². The van der Waals surface area contributed by atoms with Crippen LogP contribution < -0.4 is 5.73 Å². The number of benzene rings is 1. The van der Waals surface area contributed by atoms with Gasteiger partial charge < -0.3 is 14.9 Å². The van der Waals surface area contributed by atoms with Crippen molar-refractivity contribution in [3.05, 3.63) is 35.6 Å². The molecule has 2 aromatic rings. The zero-order valence-corrected chi connectivity index (χ0v) is 15.1. The molecular formula is C19H23NO4S. The zero-order chi connectivity index (χ0) is 17.8.